The number of fused-ring (bicyclic) bond motifs is 1. The van der Waals surface area contributed by atoms with Crippen LogP contribution in [-0.2, 0) is 11.3 Å². The minimum Gasteiger partial charge on any atom is -0.497 e. The average Bonchev–Trinajstić information content (AvgIpc) is 3.05. The Labute approximate surface area is 175 Å². The molecular weight excluding hydrogens is 398 g/mol. The van der Waals surface area contributed by atoms with Crippen LogP contribution in [0.1, 0.15) is 10.5 Å². The summed E-state index contributed by atoms with van der Waals surface area (Å²) in [5, 5.41) is 10.4. The zero-order valence-corrected chi connectivity index (χ0v) is 17.5. The molecular formula is C21H24ClNO6. The molecule has 0 radical (unpaired) electrons. The van der Waals surface area contributed by atoms with E-state index in [9.17, 15) is 9.90 Å². The fraction of sp³-hybridized carbons (Fsp3) is 0.286. The molecule has 1 heterocycles. The molecule has 7 nitrogen and oxygen atoms in total. The topological polar surface area (TPSA) is 79.2 Å². The first-order valence-corrected chi connectivity index (χ1v) is 8.71. The van der Waals surface area contributed by atoms with E-state index in [2.05, 4.69) is 0 Å². The molecule has 156 valence electrons. The molecule has 0 amide bonds. The fourth-order valence-electron chi connectivity index (χ4n) is 3.37. The molecule has 0 atom stereocenters. The number of aromatic nitrogens is 1. The summed E-state index contributed by atoms with van der Waals surface area (Å²) in [6.07, 6.45) is 0. The monoisotopic (exact) mass is 421 g/mol. The summed E-state index contributed by atoms with van der Waals surface area (Å²) in [7, 11) is 6.04. The van der Waals surface area contributed by atoms with Crippen LogP contribution < -0.4 is 14.2 Å². The molecule has 3 rings (SSSR count). The van der Waals surface area contributed by atoms with Gasteiger partial charge in [-0.1, -0.05) is 12.1 Å². The second-order valence-electron chi connectivity index (χ2n) is 6.04. The third-order valence-corrected chi connectivity index (χ3v) is 4.65. The van der Waals surface area contributed by atoms with E-state index in [-0.39, 0.29) is 25.6 Å². The first-order chi connectivity index (χ1) is 13.6. The number of carbonyl (C=O) groups excluding carboxylic acids is 1. The summed E-state index contributed by atoms with van der Waals surface area (Å²) >= 11 is 0. The maximum atomic E-state index is 12.7. The van der Waals surface area contributed by atoms with Gasteiger partial charge in [-0.3, -0.25) is 0 Å². The normalized spacial score (nSPS) is 10.4. The zero-order chi connectivity index (χ0) is 20.3. The minimum absolute atomic E-state index is 0. The van der Waals surface area contributed by atoms with Crippen molar-refractivity contribution >= 4 is 29.3 Å². The number of methoxy groups -OCH3 is 4. The van der Waals surface area contributed by atoms with Gasteiger partial charge in [0.05, 0.1) is 40.6 Å². The minimum atomic E-state index is -0.492. The lowest BCUT2D eigenvalue weighted by molar-refractivity contribution is 0.0589. The number of benzene rings is 2. The number of rotatable bonds is 7. The Kier molecular flexibility index (Phi) is 7.36. The first-order valence-electron chi connectivity index (χ1n) is 8.71. The Morgan fingerprint density at radius 3 is 2.10 bits per heavy atom. The predicted molar refractivity (Wildman–Crippen MR) is 113 cm³/mol. The number of hydrogen-bond donors (Lipinski definition) is 1. The number of aliphatic hydroxyl groups is 1. The van der Waals surface area contributed by atoms with E-state index in [0.29, 0.717) is 28.5 Å². The van der Waals surface area contributed by atoms with Gasteiger partial charge < -0.3 is 28.6 Å². The number of aliphatic hydroxyl groups excluding tert-OH is 1. The van der Waals surface area contributed by atoms with Gasteiger partial charge >= 0.3 is 5.97 Å². The van der Waals surface area contributed by atoms with Crippen molar-refractivity contribution in [2.45, 2.75) is 6.54 Å². The Hall–Kier alpha value is -2.90. The van der Waals surface area contributed by atoms with E-state index in [1.807, 2.05) is 30.3 Å². The van der Waals surface area contributed by atoms with Crippen molar-refractivity contribution in [3.05, 3.63) is 42.1 Å². The highest BCUT2D eigenvalue weighted by atomic mass is 35.5. The van der Waals surface area contributed by atoms with Gasteiger partial charge in [-0.15, -0.1) is 12.4 Å². The van der Waals surface area contributed by atoms with Crippen molar-refractivity contribution in [3.8, 4) is 28.4 Å². The summed E-state index contributed by atoms with van der Waals surface area (Å²) in [5.74, 6) is 1.29. The Morgan fingerprint density at radius 2 is 1.59 bits per heavy atom. The maximum Gasteiger partial charge on any atom is 0.355 e. The molecule has 1 aromatic heterocycles. The van der Waals surface area contributed by atoms with Crippen LogP contribution in [-0.4, -0.2) is 50.7 Å². The standard InChI is InChI=1S/C21H23NO6.ClH/c1-25-14-7-5-13(6-8-14)19-15-11-17(26-2)18(27-3)12-16(15)22(9-10-23)20(19)21(24)28-4;/h5-8,11-12,23H,9-10H2,1-4H3;1H. The SMILES string of the molecule is COC(=O)c1c(-c2ccc(OC)cc2)c2cc(OC)c(OC)cc2n1CCO.Cl. The van der Waals surface area contributed by atoms with Gasteiger partial charge in [0.25, 0.3) is 0 Å². The van der Waals surface area contributed by atoms with Crippen molar-refractivity contribution in [2.24, 2.45) is 0 Å². The predicted octanol–water partition coefficient (Wildman–Crippen LogP) is 3.53. The number of esters is 1. The average molecular weight is 422 g/mol. The van der Waals surface area contributed by atoms with Gasteiger partial charge in [-0.05, 0) is 23.8 Å². The number of carbonyl (C=O) groups is 1. The lowest BCUT2D eigenvalue weighted by Crippen LogP contribution is -2.13. The molecule has 2 aromatic carbocycles. The molecule has 0 aliphatic rings. The molecule has 0 unspecified atom stereocenters. The van der Waals surface area contributed by atoms with Gasteiger partial charge in [-0.2, -0.15) is 0 Å². The molecule has 1 N–H and O–H groups in total. The van der Waals surface area contributed by atoms with Crippen LogP contribution in [0.25, 0.3) is 22.0 Å². The third kappa shape index (κ3) is 3.97. The molecule has 0 saturated heterocycles. The van der Waals surface area contributed by atoms with Gasteiger partial charge in [0.1, 0.15) is 11.4 Å². The Morgan fingerprint density at radius 1 is 0.966 bits per heavy atom. The summed E-state index contributed by atoms with van der Waals surface area (Å²) in [6.45, 7) is 0.0940. The lowest BCUT2D eigenvalue weighted by Gasteiger charge is -2.10. The molecule has 8 heteroatoms. The van der Waals surface area contributed by atoms with Crippen LogP contribution >= 0.6 is 12.4 Å². The van der Waals surface area contributed by atoms with Crippen molar-refractivity contribution < 1.29 is 28.8 Å². The molecule has 29 heavy (non-hydrogen) atoms. The summed E-state index contributed by atoms with van der Waals surface area (Å²) in [4.78, 5) is 12.7. The van der Waals surface area contributed by atoms with Crippen molar-refractivity contribution in [2.75, 3.05) is 35.0 Å². The molecule has 0 bridgehead atoms. The van der Waals surface area contributed by atoms with Gasteiger partial charge in [0.2, 0.25) is 0 Å². The smallest absolute Gasteiger partial charge is 0.355 e. The van der Waals surface area contributed by atoms with Gasteiger partial charge in [-0.25, -0.2) is 4.79 Å². The fourth-order valence-corrected chi connectivity index (χ4v) is 3.37. The number of ether oxygens (including phenoxy) is 4. The van der Waals surface area contributed by atoms with E-state index < -0.39 is 5.97 Å². The highest BCUT2D eigenvalue weighted by molar-refractivity contribution is 6.09. The van der Waals surface area contributed by atoms with E-state index in [1.165, 1.54) is 7.11 Å². The van der Waals surface area contributed by atoms with Gasteiger partial charge in [0.15, 0.2) is 11.5 Å². The van der Waals surface area contributed by atoms with E-state index in [1.54, 1.807) is 32.0 Å². The molecule has 0 aliphatic heterocycles. The molecule has 0 fully saturated rings. The van der Waals surface area contributed by atoms with E-state index in [4.69, 9.17) is 18.9 Å². The number of nitrogens with zero attached hydrogens (tertiary/aromatic N) is 1. The number of halogens is 1. The van der Waals surface area contributed by atoms with Crippen molar-refractivity contribution in [3.63, 3.8) is 0 Å². The lowest BCUT2D eigenvalue weighted by atomic mass is 10.0. The zero-order valence-electron chi connectivity index (χ0n) is 16.7. The maximum absolute atomic E-state index is 12.7. The molecule has 3 aromatic rings. The Balaban J connectivity index is 0.00000300. The van der Waals surface area contributed by atoms with Crippen LogP contribution in [0.5, 0.6) is 17.2 Å². The summed E-state index contributed by atoms with van der Waals surface area (Å²) in [5.41, 5.74) is 2.60. The second kappa shape index (κ2) is 9.54. The molecule has 0 saturated carbocycles. The second-order valence-corrected chi connectivity index (χ2v) is 6.04. The van der Waals surface area contributed by atoms with Crippen LogP contribution in [0.3, 0.4) is 0 Å². The number of hydrogen-bond acceptors (Lipinski definition) is 6. The third-order valence-electron chi connectivity index (χ3n) is 4.65. The van der Waals surface area contributed by atoms with Crippen LogP contribution in [0.2, 0.25) is 0 Å². The van der Waals surface area contributed by atoms with Crippen molar-refractivity contribution in [1.82, 2.24) is 4.57 Å². The molecule has 0 spiro atoms. The Bertz CT molecular complexity index is 997. The van der Waals surface area contributed by atoms with E-state index in [0.717, 1.165) is 16.5 Å². The van der Waals surface area contributed by atoms with Crippen LogP contribution in [0, 0.1) is 0 Å². The molecule has 0 aliphatic carbocycles. The summed E-state index contributed by atoms with van der Waals surface area (Å²) < 4.78 is 22.9. The quantitative estimate of drug-likeness (QED) is 0.588. The van der Waals surface area contributed by atoms with Gasteiger partial charge in [0, 0.05) is 23.6 Å². The van der Waals surface area contributed by atoms with Crippen molar-refractivity contribution in [1.29, 1.82) is 0 Å². The van der Waals surface area contributed by atoms with E-state index >= 15 is 0 Å². The highest BCUT2D eigenvalue weighted by Crippen LogP contribution is 2.41. The summed E-state index contributed by atoms with van der Waals surface area (Å²) in [6, 6.07) is 11.0. The van der Waals surface area contributed by atoms with Crippen LogP contribution in [0.4, 0.5) is 0 Å². The largest absolute Gasteiger partial charge is 0.497 e. The van der Waals surface area contributed by atoms with Crippen LogP contribution in [0.15, 0.2) is 36.4 Å². The highest BCUT2D eigenvalue weighted by Gasteiger charge is 2.26. The first kappa shape index (κ1) is 22.4.